The van der Waals surface area contributed by atoms with E-state index >= 15 is 0 Å². The van der Waals surface area contributed by atoms with Crippen LogP contribution in [0.5, 0.6) is 0 Å². The Kier molecular flexibility index (Phi) is 11.5. The van der Waals surface area contributed by atoms with E-state index in [9.17, 15) is 27.2 Å². The number of halogens is 4. The molecule has 2 amide bonds. The predicted octanol–water partition coefficient (Wildman–Crippen LogP) is 5.35. The molecular formula is C40H40F4N8O4. The van der Waals surface area contributed by atoms with Gasteiger partial charge >= 0.3 is 0 Å². The smallest absolute Gasteiger partial charge is 0.270 e. The first kappa shape index (κ1) is 38.3. The lowest BCUT2D eigenvalue weighted by atomic mass is 10.0. The fraction of sp³-hybridized carbons (Fsp3) is 0.300. The second-order valence-electron chi connectivity index (χ2n) is 13.5. The molecule has 2 fully saturated rings. The van der Waals surface area contributed by atoms with Gasteiger partial charge in [-0.15, -0.1) is 0 Å². The van der Waals surface area contributed by atoms with Crippen LogP contribution >= 0.6 is 0 Å². The SMILES string of the molecule is O=C(NCCO)c1cnc2ccc(N3CCC[C@@H]3c3cc(F)ccc3F)cn12.O=C(NCCO)c1cnc2ccc(N3CCC[C@H]3c3cc(F)ccc3F)cn12. The van der Waals surface area contributed by atoms with Crippen molar-refractivity contribution in [1.82, 2.24) is 29.4 Å². The average Bonchev–Trinajstić information content (AvgIpc) is 4.04. The number of hydrogen-bond acceptors (Lipinski definition) is 8. The van der Waals surface area contributed by atoms with Crippen molar-refractivity contribution in [2.75, 3.05) is 49.2 Å². The molecule has 2 atom stereocenters. The Labute approximate surface area is 319 Å². The topological polar surface area (TPSA) is 140 Å². The summed E-state index contributed by atoms with van der Waals surface area (Å²) in [6.07, 6.45) is 9.65. The molecule has 56 heavy (non-hydrogen) atoms. The monoisotopic (exact) mass is 772 g/mol. The van der Waals surface area contributed by atoms with Crippen LogP contribution in [0.1, 0.15) is 69.9 Å². The number of hydrogen-bond donors (Lipinski definition) is 4. The summed E-state index contributed by atoms with van der Waals surface area (Å²) < 4.78 is 59.3. The molecule has 6 aromatic rings. The van der Waals surface area contributed by atoms with Gasteiger partial charge in [0.2, 0.25) is 0 Å². The van der Waals surface area contributed by atoms with E-state index in [4.69, 9.17) is 10.2 Å². The molecule has 0 radical (unpaired) electrons. The third kappa shape index (κ3) is 7.88. The van der Waals surface area contributed by atoms with Gasteiger partial charge in [0.15, 0.2) is 0 Å². The molecule has 6 heterocycles. The van der Waals surface area contributed by atoms with Gasteiger partial charge < -0.3 is 30.6 Å². The first-order chi connectivity index (χ1) is 27.2. The van der Waals surface area contributed by atoms with Crippen LogP contribution in [-0.4, -0.2) is 80.2 Å². The zero-order valence-electron chi connectivity index (χ0n) is 30.2. The van der Waals surface area contributed by atoms with Crippen molar-refractivity contribution in [2.24, 2.45) is 0 Å². The van der Waals surface area contributed by atoms with Gasteiger partial charge in [0, 0.05) is 49.7 Å². The molecule has 0 spiro atoms. The molecule has 2 aliphatic heterocycles. The molecule has 0 bridgehead atoms. The normalized spacial score (nSPS) is 16.7. The fourth-order valence-electron chi connectivity index (χ4n) is 7.47. The lowest BCUT2D eigenvalue weighted by molar-refractivity contribution is 0.0931. The van der Waals surface area contributed by atoms with Crippen LogP contribution in [0.3, 0.4) is 0 Å². The summed E-state index contributed by atoms with van der Waals surface area (Å²) >= 11 is 0. The molecule has 292 valence electrons. The number of aromatic nitrogens is 4. The Bertz CT molecular complexity index is 2200. The van der Waals surface area contributed by atoms with Crippen LogP contribution < -0.4 is 20.4 Å². The third-order valence-electron chi connectivity index (χ3n) is 10.0. The van der Waals surface area contributed by atoms with Gasteiger partial charge in [-0.2, -0.15) is 0 Å². The highest BCUT2D eigenvalue weighted by atomic mass is 19.1. The molecule has 2 aliphatic rings. The minimum atomic E-state index is -0.462. The lowest BCUT2D eigenvalue weighted by Gasteiger charge is -2.27. The number of rotatable bonds is 10. The Balaban J connectivity index is 0.000000172. The van der Waals surface area contributed by atoms with Crippen molar-refractivity contribution >= 4 is 34.5 Å². The Hall–Kier alpha value is -6.00. The second-order valence-corrected chi connectivity index (χ2v) is 13.5. The van der Waals surface area contributed by atoms with E-state index in [-0.39, 0.29) is 50.2 Å². The van der Waals surface area contributed by atoms with Crippen molar-refractivity contribution in [3.05, 3.63) is 131 Å². The average molecular weight is 773 g/mol. The van der Waals surface area contributed by atoms with E-state index in [1.165, 1.54) is 24.5 Å². The second kappa shape index (κ2) is 16.8. The molecule has 0 unspecified atom stereocenters. The molecule has 0 saturated carbocycles. The molecule has 0 aliphatic carbocycles. The van der Waals surface area contributed by atoms with Gasteiger partial charge in [-0.25, -0.2) is 27.5 Å². The maximum Gasteiger partial charge on any atom is 0.270 e. The number of fused-ring (bicyclic) bond motifs is 2. The number of nitrogens with one attached hydrogen (secondary N) is 2. The van der Waals surface area contributed by atoms with E-state index in [1.807, 2.05) is 21.9 Å². The van der Waals surface area contributed by atoms with E-state index in [1.54, 1.807) is 33.3 Å². The van der Waals surface area contributed by atoms with Crippen molar-refractivity contribution in [2.45, 2.75) is 37.8 Å². The minimum absolute atomic E-state index is 0.150. The maximum absolute atomic E-state index is 14.3. The van der Waals surface area contributed by atoms with Gasteiger partial charge in [-0.3, -0.25) is 18.4 Å². The van der Waals surface area contributed by atoms with Gasteiger partial charge in [0.1, 0.15) is 46.0 Å². The van der Waals surface area contributed by atoms with Crippen molar-refractivity contribution in [3.8, 4) is 0 Å². The molecule has 4 N–H and O–H groups in total. The van der Waals surface area contributed by atoms with Gasteiger partial charge in [0.25, 0.3) is 11.8 Å². The maximum atomic E-state index is 14.3. The first-order valence-corrected chi connectivity index (χ1v) is 18.3. The largest absolute Gasteiger partial charge is 0.395 e. The molecule has 2 saturated heterocycles. The zero-order chi connectivity index (χ0) is 39.3. The van der Waals surface area contributed by atoms with Crippen molar-refractivity contribution < 1.29 is 37.4 Å². The predicted molar refractivity (Wildman–Crippen MR) is 201 cm³/mol. The van der Waals surface area contributed by atoms with Crippen LogP contribution in [0.2, 0.25) is 0 Å². The van der Waals surface area contributed by atoms with E-state index in [0.29, 0.717) is 59.7 Å². The lowest BCUT2D eigenvalue weighted by Crippen LogP contribution is -2.27. The minimum Gasteiger partial charge on any atom is -0.395 e. The number of pyridine rings is 2. The van der Waals surface area contributed by atoms with Crippen LogP contribution in [0.25, 0.3) is 11.3 Å². The number of anilines is 2. The summed E-state index contributed by atoms with van der Waals surface area (Å²) in [4.78, 5) is 37.1. The van der Waals surface area contributed by atoms with Crippen LogP contribution in [0.15, 0.2) is 85.5 Å². The van der Waals surface area contributed by atoms with E-state index < -0.39 is 23.3 Å². The van der Waals surface area contributed by atoms with Crippen LogP contribution in [-0.2, 0) is 0 Å². The molecule has 8 rings (SSSR count). The zero-order valence-corrected chi connectivity index (χ0v) is 30.2. The molecule has 16 heteroatoms. The Morgan fingerprint density at radius 2 is 1.07 bits per heavy atom. The van der Waals surface area contributed by atoms with Gasteiger partial charge in [0.05, 0.1) is 49.1 Å². The highest BCUT2D eigenvalue weighted by Gasteiger charge is 2.31. The highest BCUT2D eigenvalue weighted by molar-refractivity contribution is 5.94. The summed E-state index contributed by atoms with van der Waals surface area (Å²) in [6.45, 7) is 1.40. The number of benzene rings is 2. The number of amides is 2. The quantitative estimate of drug-likeness (QED) is 0.137. The number of imidazole rings is 2. The van der Waals surface area contributed by atoms with E-state index in [0.717, 1.165) is 48.5 Å². The summed E-state index contributed by atoms with van der Waals surface area (Å²) in [6, 6.07) is 13.8. The first-order valence-electron chi connectivity index (χ1n) is 18.3. The molecule has 2 aromatic carbocycles. The van der Waals surface area contributed by atoms with Gasteiger partial charge in [-0.1, -0.05) is 0 Å². The summed E-state index contributed by atoms with van der Waals surface area (Å²) in [5, 5.41) is 23.0. The number of aliphatic hydroxyl groups is 2. The highest BCUT2D eigenvalue weighted by Crippen LogP contribution is 2.39. The fourth-order valence-corrected chi connectivity index (χ4v) is 7.47. The molecule has 4 aromatic heterocycles. The number of carbonyl (C=O) groups is 2. The molecular weight excluding hydrogens is 732 g/mol. The van der Waals surface area contributed by atoms with Crippen LogP contribution in [0.4, 0.5) is 28.9 Å². The number of nitrogens with zero attached hydrogens (tertiary/aromatic N) is 6. The van der Waals surface area contributed by atoms with E-state index in [2.05, 4.69) is 20.6 Å². The summed E-state index contributed by atoms with van der Waals surface area (Å²) in [5.74, 6) is -2.45. The number of aliphatic hydroxyl groups excluding tert-OH is 2. The number of carbonyl (C=O) groups excluding carboxylic acids is 2. The Morgan fingerprint density at radius 1 is 0.643 bits per heavy atom. The summed E-state index contributed by atoms with van der Waals surface area (Å²) in [5.41, 5.74) is 4.17. The Morgan fingerprint density at radius 3 is 1.48 bits per heavy atom. The molecule has 12 nitrogen and oxygen atoms in total. The third-order valence-corrected chi connectivity index (χ3v) is 10.0. The summed E-state index contributed by atoms with van der Waals surface area (Å²) in [7, 11) is 0. The van der Waals surface area contributed by atoms with Crippen molar-refractivity contribution in [3.63, 3.8) is 0 Å². The standard InChI is InChI=1S/2C20H20F2N4O2/c2*21-13-3-5-16(22)15(10-13)17-2-1-8-25(17)14-4-6-19-24-11-18(26(19)12-14)20(28)23-7-9-27/h2*3-6,10-12,17,27H,1-2,7-9H2,(H,23,28)/t2*17-/m10/s1. The van der Waals surface area contributed by atoms with Crippen LogP contribution in [0, 0.1) is 23.3 Å². The van der Waals surface area contributed by atoms with Crippen molar-refractivity contribution in [1.29, 1.82) is 0 Å². The van der Waals surface area contributed by atoms with Gasteiger partial charge in [-0.05, 0) is 86.3 Å².